The zero-order chi connectivity index (χ0) is 16.9. The molecule has 7 heteroatoms. The van der Waals surface area contributed by atoms with Gasteiger partial charge in [-0.1, -0.05) is 0 Å². The van der Waals surface area contributed by atoms with Crippen LogP contribution in [0.3, 0.4) is 0 Å². The van der Waals surface area contributed by atoms with Gasteiger partial charge < -0.3 is 14.2 Å². The SMILES string of the molecule is COc1cc(CCC(=O)N2CCCC(c3cncc(C)n3)C2)on1. The number of carbonyl (C=O) groups is 1. The van der Waals surface area contributed by atoms with Crippen molar-refractivity contribution in [1.82, 2.24) is 20.0 Å². The zero-order valence-electron chi connectivity index (χ0n) is 14.1. The van der Waals surface area contributed by atoms with E-state index in [9.17, 15) is 4.79 Å². The molecule has 1 aliphatic heterocycles. The van der Waals surface area contributed by atoms with Crippen LogP contribution in [0.1, 0.15) is 42.3 Å². The highest BCUT2D eigenvalue weighted by Crippen LogP contribution is 2.26. The third kappa shape index (κ3) is 3.90. The second-order valence-electron chi connectivity index (χ2n) is 6.10. The van der Waals surface area contributed by atoms with Gasteiger partial charge >= 0.3 is 0 Å². The van der Waals surface area contributed by atoms with Crippen molar-refractivity contribution in [1.29, 1.82) is 0 Å². The van der Waals surface area contributed by atoms with Crippen LogP contribution in [0.5, 0.6) is 5.88 Å². The third-order valence-electron chi connectivity index (χ3n) is 4.30. The lowest BCUT2D eigenvalue weighted by molar-refractivity contribution is -0.132. The summed E-state index contributed by atoms with van der Waals surface area (Å²) in [4.78, 5) is 23.2. The molecule has 0 spiro atoms. The first kappa shape index (κ1) is 16.4. The predicted molar refractivity (Wildman–Crippen MR) is 86.7 cm³/mol. The predicted octanol–water partition coefficient (Wildman–Crippen LogP) is 2.12. The van der Waals surface area contributed by atoms with Crippen molar-refractivity contribution in [3.8, 4) is 5.88 Å². The summed E-state index contributed by atoms with van der Waals surface area (Å²) in [5.41, 5.74) is 1.89. The number of piperidine rings is 1. The highest BCUT2D eigenvalue weighted by molar-refractivity contribution is 5.76. The molecule has 0 saturated carbocycles. The van der Waals surface area contributed by atoms with Gasteiger partial charge in [-0.3, -0.25) is 14.8 Å². The number of rotatable bonds is 5. The minimum Gasteiger partial charge on any atom is -0.479 e. The molecule has 1 unspecified atom stereocenters. The maximum atomic E-state index is 12.5. The van der Waals surface area contributed by atoms with Crippen molar-refractivity contribution in [2.45, 2.75) is 38.5 Å². The molecule has 1 fully saturated rings. The minimum absolute atomic E-state index is 0.135. The number of hydrogen-bond donors (Lipinski definition) is 0. The van der Waals surface area contributed by atoms with E-state index in [1.165, 1.54) is 7.11 Å². The summed E-state index contributed by atoms with van der Waals surface area (Å²) in [5, 5.41) is 3.75. The van der Waals surface area contributed by atoms with E-state index in [1.807, 2.05) is 18.0 Å². The van der Waals surface area contributed by atoms with Crippen LogP contribution >= 0.6 is 0 Å². The molecule has 1 aliphatic rings. The summed E-state index contributed by atoms with van der Waals surface area (Å²) in [6.45, 7) is 3.44. The lowest BCUT2D eigenvalue weighted by Gasteiger charge is -2.32. The molecule has 2 aromatic rings. The molecular formula is C17H22N4O3. The van der Waals surface area contributed by atoms with Gasteiger partial charge in [-0.05, 0) is 24.9 Å². The molecule has 2 aromatic heterocycles. The second kappa shape index (κ2) is 7.42. The van der Waals surface area contributed by atoms with E-state index < -0.39 is 0 Å². The number of aryl methyl sites for hydroxylation is 2. The first-order valence-electron chi connectivity index (χ1n) is 8.21. The molecule has 1 atom stereocenters. The summed E-state index contributed by atoms with van der Waals surface area (Å²) >= 11 is 0. The van der Waals surface area contributed by atoms with Crippen LogP contribution in [0.4, 0.5) is 0 Å². The highest BCUT2D eigenvalue weighted by atomic mass is 16.5. The van der Waals surface area contributed by atoms with E-state index in [1.54, 1.807) is 12.3 Å². The summed E-state index contributed by atoms with van der Waals surface area (Å²) in [6, 6.07) is 1.72. The lowest BCUT2D eigenvalue weighted by atomic mass is 9.94. The molecule has 0 bridgehead atoms. The largest absolute Gasteiger partial charge is 0.479 e. The number of likely N-dealkylation sites (tertiary alicyclic amines) is 1. The Morgan fingerprint density at radius 2 is 2.33 bits per heavy atom. The Balaban J connectivity index is 1.56. The first-order chi connectivity index (χ1) is 11.7. The van der Waals surface area contributed by atoms with Crippen LogP contribution < -0.4 is 4.74 Å². The molecule has 3 rings (SSSR count). The molecule has 24 heavy (non-hydrogen) atoms. The smallest absolute Gasteiger partial charge is 0.254 e. The molecule has 1 saturated heterocycles. The van der Waals surface area contributed by atoms with Crippen LogP contribution in [0, 0.1) is 6.92 Å². The van der Waals surface area contributed by atoms with Crippen molar-refractivity contribution in [3.05, 3.63) is 35.6 Å². The maximum Gasteiger partial charge on any atom is 0.254 e. The van der Waals surface area contributed by atoms with Gasteiger partial charge in [0.2, 0.25) is 5.91 Å². The first-order valence-corrected chi connectivity index (χ1v) is 8.21. The van der Waals surface area contributed by atoms with E-state index >= 15 is 0 Å². The highest BCUT2D eigenvalue weighted by Gasteiger charge is 2.25. The number of nitrogens with zero attached hydrogens (tertiary/aromatic N) is 4. The van der Waals surface area contributed by atoms with Crippen LogP contribution in [-0.4, -0.2) is 46.1 Å². The van der Waals surface area contributed by atoms with E-state index in [4.69, 9.17) is 9.26 Å². The van der Waals surface area contributed by atoms with E-state index in [2.05, 4.69) is 15.1 Å². The van der Waals surface area contributed by atoms with Crippen LogP contribution in [0.25, 0.3) is 0 Å². The van der Waals surface area contributed by atoms with Crippen molar-refractivity contribution in [2.24, 2.45) is 0 Å². The normalized spacial score (nSPS) is 17.8. The molecule has 1 amide bonds. The molecule has 3 heterocycles. The molecule has 0 radical (unpaired) electrons. The Bertz CT molecular complexity index is 701. The van der Waals surface area contributed by atoms with Gasteiger partial charge in [0.15, 0.2) is 0 Å². The van der Waals surface area contributed by atoms with Crippen LogP contribution in [0.2, 0.25) is 0 Å². The van der Waals surface area contributed by atoms with Gasteiger partial charge in [0.05, 0.1) is 18.5 Å². The monoisotopic (exact) mass is 330 g/mol. The zero-order valence-corrected chi connectivity index (χ0v) is 14.1. The number of carbonyl (C=O) groups excluding carboxylic acids is 1. The van der Waals surface area contributed by atoms with Crippen LogP contribution in [-0.2, 0) is 11.2 Å². The summed E-state index contributed by atoms with van der Waals surface area (Å²) in [5.74, 6) is 1.50. The summed E-state index contributed by atoms with van der Waals surface area (Å²) in [7, 11) is 1.54. The van der Waals surface area contributed by atoms with Gasteiger partial charge in [0, 0.05) is 50.3 Å². The minimum atomic E-state index is 0.135. The standard InChI is InChI=1S/C17H22N4O3/c1-12-9-18-10-15(19-12)13-4-3-7-21(11-13)17(22)6-5-14-8-16(23-2)20-24-14/h8-10,13H,3-7,11H2,1-2H3. The average Bonchev–Trinajstić information content (AvgIpc) is 3.08. The third-order valence-corrected chi connectivity index (χ3v) is 4.30. The molecule has 0 N–H and O–H groups in total. The van der Waals surface area contributed by atoms with E-state index in [0.29, 0.717) is 31.0 Å². The second-order valence-corrected chi connectivity index (χ2v) is 6.10. The van der Waals surface area contributed by atoms with Crippen molar-refractivity contribution in [3.63, 3.8) is 0 Å². The van der Waals surface area contributed by atoms with Gasteiger partial charge in [-0.15, -0.1) is 0 Å². The average molecular weight is 330 g/mol. The van der Waals surface area contributed by atoms with Crippen LogP contribution in [0.15, 0.2) is 23.0 Å². The molecule has 128 valence electrons. The Hall–Kier alpha value is -2.44. The molecule has 0 aromatic carbocycles. The lowest BCUT2D eigenvalue weighted by Crippen LogP contribution is -2.39. The number of methoxy groups -OCH3 is 1. The number of amides is 1. The fourth-order valence-electron chi connectivity index (χ4n) is 3.02. The van der Waals surface area contributed by atoms with Gasteiger partial charge in [-0.25, -0.2) is 0 Å². The summed E-state index contributed by atoms with van der Waals surface area (Å²) < 4.78 is 10.1. The van der Waals surface area contributed by atoms with Gasteiger partial charge in [-0.2, -0.15) is 0 Å². The van der Waals surface area contributed by atoms with Crippen molar-refractivity contribution < 1.29 is 14.1 Å². The fourth-order valence-corrected chi connectivity index (χ4v) is 3.02. The van der Waals surface area contributed by atoms with Crippen molar-refractivity contribution in [2.75, 3.05) is 20.2 Å². The van der Waals surface area contributed by atoms with Gasteiger partial charge in [0.25, 0.3) is 5.88 Å². The number of aromatic nitrogens is 3. The Kier molecular flexibility index (Phi) is 5.08. The quantitative estimate of drug-likeness (QED) is 0.835. The summed E-state index contributed by atoms with van der Waals surface area (Å²) in [6.07, 6.45) is 6.53. The number of hydrogen-bond acceptors (Lipinski definition) is 6. The Morgan fingerprint density at radius 1 is 1.46 bits per heavy atom. The van der Waals surface area contributed by atoms with Gasteiger partial charge in [0.1, 0.15) is 5.76 Å². The molecule has 7 nitrogen and oxygen atoms in total. The number of ether oxygens (including phenoxy) is 1. The van der Waals surface area contributed by atoms with E-state index in [-0.39, 0.29) is 11.8 Å². The van der Waals surface area contributed by atoms with Crippen molar-refractivity contribution >= 4 is 5.91 Å². The Morgan fingerprint density at radius 3 is 3.08 bits per heavy atom. The molecular weight excluding hydrogens is 308 g/mol. The van der Waals surface area contributed by atoms with E-state index in [0.717, 1.165) is 30.8 Å². The maximum absolute atomic E-state index is 12.5. The fraction of sp³-hybridized carbons (Fsp3) is 0.529. The topological polar surface area (TPSA) is 81.4 Å². The molecule has 0 aliphatic carbocycles. The Labute approximate surface area is 141 Å².